The molecule has 3 heteroatoms. The minimum Gasteiger partial charge on any atom is -0.489 e. The van der Waals surface area contributed by atoms with Crippen LogP contribution in [0, 0.1) is 12.3 Å². The molecule has 0 spiro atoms. The molecule has 1 N–H and O–H groups in total. The number of terminal acetylenes is 1. The number of ether oxygens (including phenoxy) is 1. The quantitative estimate of drug-likeness (QED) is 0.732. The van der Waals surface area contributed by atoms with Gasteiger partial charge in [0.2, 0.25) is 0 Å². The zero-order chi connectivity index (χ0) is 10.5. The fourth-order valence-corrected chi connectivity index (χ4v) is 1.64. The lowest BCUT2D eigenvalue weighted by molar-refractivity contribution is 0.162. The van der Waals surface area contributed by atoms with E-state index >= 15 is 0 Å². The normalized spacial score (nSPS) is 17.0. The van der Waals surface area contributed by atoms with Gasteiger partial charge in [0.05, 0.1) is 6.20 Å². The topological polar surface area (TPSA) is 34.1 Å². The monoisotopic (exact) mass is 202 g/mol. The van der Waals surface area contributed by atoms with Gasteiger partial charge in [-0.05, 0) is 38.1 Å². The molecule has 1 aromatic rings. The third-order valence-corrected chi connectivity index (χ3v) is 2.47. The Kier molecular flexibility index (Phi) is 3.21. The van der Waals surface area contributed by atoms with Crippen molar-refractivity contribution in [3.63, 3.8) is 0 Å². The minimum absolute atomic E-state index is 0.310. The highest BCUT2D eigenvalue weighted by Gasteiger charge is 2.14. The SMILES string of the molecule is C#Cc1ccc(OC2CCNCC2)cn1. The van der Waals surface area contributed by atoms with E-state index in [4.69, 9.17) is 11.2 Å². The Bertz CT molecular complexity index is 347. The Morgan fingerprint density at radius 1 is 1.40 bits per heavy atom. The lowest BCUT2D eigenvalue weighted by Gasteiger charge is -2.23. The Labute approximate surface area is 89.9 Å². The molecule has 0 unspecified atom stereocenters. The molecule has 3 nitrogen and oxygen atoms in total. The fraction of sp³-hybridized carbons (Fsp3) is 0.417. The first-order valence-corrected chi connectivity index (χ1v) is 5.18. The Hall–Kier alpha value is -1.53. The first kappa shape index (κ1) is 10.0. The molecule has 0 atom stereocenters. The largest absolute Gasteiger partial charge is 0.489 e. The molecule has 2 rings (SSSR count). The van der Waals surface area contributed by atoms with Crippen LogP contribution in [0.1, 0.15) is 18.5 Å². The average Bonchev–Trinajstić information content (AvgIpc) is 2.31. The number of hydrogen-bond donors (Lipinski definition) is 1. The van der Waals surface area contributed by atoms with Gasteiger partial charge in [-0.25, -0.2) is 4.98 Å². The van der Waals surface area contributed by atoms with Gasteiger partial charge in [-0.3, -0.25) is 0 Å². The van der Waals surface area contributed by atoms with Crippen molar-refractivity contribution in [2.75, 3.05) is 13.1 Å². The molecule has 2 heterocycles. The molecule has 0 amide bonds. The van der Waals surface area contributed by atoms with Crippen molar-refractivity contribution < 1.29 is 4.74 Å². The second-order valence-corrected chi connectivity index (χ2v) is 3.59. The molecule has 1 aromatic heterocycles. The van der Waals surface area contributed by atoms with Crippen molar-refractivity contribution in [2.24, 2.45) is 0 Å². The maximum Gasteiger partial charge on any atom is 0.138 e. The third kappa shape index (κ3) is 2.71. The average molecular weight is 202 g/mol. The standard InChI is InChI=1S/C12H14N2O/c1-2-10-3-4-12(9-14-10)15-11-5-7-13-8-6-11/h1,3-4,9,11,13H,5-8H2. The van der Waals surface area contributed by atoms with Crippen LogP contribution in [0.3, 0.4) is 0 Å². The van der Waals surface area contributed by atoms with Crippen LogP contribution in [0.25, 0.3) is 0 Å². The summed E-state index contributed by atoms with van der Waals surface area (Å²) >= 11 is 0. The van der Waals surface area contributed by atoms with Crippen molar-refractivity contribution in [2.45, 2.75) is 18.9 Å². The zero-order valence-corrected chi connectivity index (χ0v) is 8.57. The van der Waals surface area contributed by atoms with Crippen molar-refractivity contribution >= 4 is 0 Å². The Morgan fingerprint density at radius 3 is 2.80 bits per heavy atom. The number of aromatic nitrogens is 1. The van der Waals surface area contributed by atoms with Crippen LogP contribution in [-0.2, 0) is 0 Å². The highest BCUT2D eigenvalue weighted by atomic mass is 16.5. The molecule has 0 radical (unpaired) electrons. The van der Waals surface area contributed by atoms with Crippen LogP contribution >= 0.6 is 0 Å². The van der Waals surface area contributed by atoms with Gasteiger partial charge in [0.1, 0.15) is 17.5 Å². The molecule has 0 saturated carbocycles. The lowest BCUT2D eigenvalue weighted by Crippen LogP contribution is -2.34. The third-order valence-electron chi connectivity index (χ3n) is 2.47. The van der Waals surface area contributed by atoms with E-state index in [1.54, 1.807) is 12.3 Å². The van der Waals surface area contributed by atoms with Gasteiger partial charge in [-0.1, -0.05) is 5.92 Å². The summed E-state index contributed by atoms with van der Waals surface area (Å²) in [5, 5.41) is 3.30. The van der Waals surface area contributed by atoms with Gasteiger partial charge in [-0.2, -0.15) is 0 Å². The summed E-state index contributed by atoms with van der Waals surface area (Å²) in [6.45, 7) is 2.06. The number of pyridine rings is 1. The summed E-state index contributed by atoms with van der Waals surface area (Å²) in [6, 6.07) is 3.68. The van der Waals surface area contributed by atoms with E-state index in [0.717, 1.165) is 31.7 Å². The van der Waals surface area contributed by atoms with E-state index in [2.05, 4.69) is 16.2 Å². The van der Waals surface area contributed by atoms with Gasteiger partial charge in [0, 0.05) is 0 Å². The summed E-state index contributed by atoms with van der Waals surface area (Å²) in [7, 11) is 0. The van der Waals surface area contributed by atoms with Gasteiger partial charge in [-0.15, -0.1) is 6.42 Å². The molecule has 0 bridgehead atoms. The van der Waals surface area contributed by atoms with E-state index in [1.165, 1.54) is 0 Å². The predicted molar refractivity (Wildman–Crippen MR) is 58.7 cm³/mol. The molecular formula is C12H14N2O. The summed E-state index contributed by atoms with van der Waals surface area (Å²) in [5.74, 6) is 3.29. The van der Waals surface area contributed by atoms with Gasteiger partial charge >= 0.3 is 0 Å². The van der Waals surface area contributed by atoms with E-state index in [9.17, 15) is 0 Å². The first-order chi connectivity index (χ1) is 7.38. The first-order valence-electron chi connectivity index (χ1n) is 5.18. The minimum atomic E-state index is 0.310. The zero-order valence-electron chi connectivity index (χ0n) is 8.57. The maximum absolute atomic E-state index is 5.78. The van der Waals surface area contributed by atoms with Crippen LogP contribution < -0.4 is 10.1 Å². The van der Waals surface area contributed by atoms with Crippen LogP contribution in [0.15, 0.2) is 18.3 Å². The highest BCUT2D eigenvalue weighted by Crippen LogP contribution is 2.15. The molecule has 0 aromatic carbocycles. The van der Waals surface area contributed by atoms with E-state index in [0.29, 0.717) is 11.8 Å². The molecule has 1 fully saturated rings. The van der Waals surface area contributed by atoms with Crippen molar-refractivity contribution in [3.05, 3.63) is 24.0 Å². The second-order valence-electron chi connectivity index (χ2n) is 3.59. The molecule has 1 aliphatic rings. The number of piperidine rings is 1. The second kappa shape index (κ2) is 4.81. The van der Waals surface area contributed by atoms with Gasteiger partial charge < -0.3 is 10.1 Å². The molecule has 1 aliphatic heterocycles. The summed E-state index contributed by atoms with van der Waals surface area (Å²) < 4.78 is 5.78. The Balaban J connectivity index is 1.95. The van der Waals surface area contributed by atoms with E-state index < -0.39 is 0 Å². The molecule has 15 heavy (non-hydrogen) atoms. The van der Waals surface area contributed by atoms with Crippen LogP contribution in [-0.4, -0.2) is 24.2 Å². The molecular weight excluding hydrogens is 188 g/mol. The Morgan fingerprint density at radius 2 is 2.20 bits per heavy atom. The fourth-order valence-electron chi connectivity index (χ4n) is 1.64. The van der Waals surface area contributed by atoms with Crippen LogP contribution in [0.2, 0.25) is 0 Å². The predicted octanol–water partition coefficient (Wildman–Crippen LogP) is 1.19. The molecule has 78 valence electrons. The number of hydrogen-bond acceptors (Lipinski definition) is 3. The van der Waals surface area contributed by atoms with Crippen LogP contribution in [0.4, 0.5) is 0 Å². The van der Waals surface area contributed by atoms with E-state index in [-0.39, 0.29) is 0 Å². The molecule has 1 saturated heterocycles. The molecule has 0 aliphatic carbocycles. The number of nitrogens with zero attached hydrogens (tertiary/aromatic N) is 1. The highest BCUT2D eigenvalue weighted by molar-refractivity contribution is 5.29. The smallest absolute Gasteiger partial charge is 0.138 e. The lowest BCUT2D eigenvalue weighted by atomic mass is 10.1. The maximum atomic E-state index is 5.78. The number of rotatable bonds is 2. The van der Waals surface area contributed by atoms with E-state index in [1.807, 2.05) is 6.07 Å². The number of nitrogens with one attached hydrogen (secondary N) is 1. The van der Waals surface area contributed by atoms with Crippen molar-refractivity contribution in [1.82, 2.24) is 10.3 Å². The van der Waals surface area contributed by atoms with Gasteiger partial charge in [0.15, 0.2) is 0 Å². The van der Waals surface area contributed by atoms with Gasteiger partial charge in [0.25, 0.3) is 0 Å². The van der Waals surface area contributed by atoms with Crippen molar-refractivity contribution in [1.29, 1.82) is 0 Å². The summed E-state index contributed by atoms with van der Waals surface area (Å²) in [5.41, 5.74) is 0.646. The summed E-state index contributed by atoms with van der Waals surface area (Å²) in [6.07, 6.45) is 9.33. The van der Waals surface area contributed by atoms with Crippen molar-refractivity contribution in [3.8, 4) is 18.1 Å². The summed E-state index contributed by atoms with van der Waals surface area (Å²) in [4.78, 5) is 4.09. The van der Waals surface area contributed by atoms with Crippen LogP contribution in [0.5, 0.6) is 5.75 Å².